The molecule has 16 nitrogen and oxygen atoms in total. The number of nitrogens with two attached hydrogens (primary N) is 2. The summed E-state index contributed by atoms with van der Waals surface area (Å²) in [4.78, 5) is 75.9. The zero-order valence-corrected chi connectivity index (χ0v) is 42.8. The van der Waals surface area contributed by atoms with E-state index in [9.17, 15) is 24.0 Å². The molecule has 5 atom stereocenters. The summed E-state index contributed by atoms with van der Waals surface area (Å²) in [6.45, 7) is 4.01. The lowest BCUT2D eigenvalue weighted by Gasteiger charge is -2.26. The monoisotopic (exact) mass is 1010 g/mol. The van der Waals surface area contributed by atoms with Gasteiger partial charge in [-0.1, -0.05) is 73.2 Å². The van der Waals surface area contributed by atoms with Gasteiger partial charge in [0.05, 0.1) is 26.9 Å². The van der Waals surface area contributed by atoms with Crippen molar-refractivity contribution >= 4 is 51.8 Å². The average molecular weight is 1010 g/mol. The number of methoxy groups -OCH3 is 1. The van der Waals surface area contributed by atoms with Crippen molar-refractivity contribution in [2.45, 2.75) is 102 Å². The van der Waals surface area contributed by atoms with Crippen molar-refractivity contribution in [3.8, 4) is 16.9 Å². The molecule has 394 valence electrons. The third-order valence-electron chi connectivity index (χ3n) is 14.5. The molecule has 3 amide bonds. The number of aromatic nitrogens is 1. The zero-order valence-electron chi connectivity index (χ0n) is 42.8. The first-order valence-electron chi connectivity index (χ1n) is 26.3. The second-order valence-electron chi connectivity index (χ2n) is 20.0. The minimum Gasteiger partial charge on any atom is -0.497 e. The number of carbonyl (C=O) groups is 5. The van der Waals surface area contributed by atoms with Gasteiger partial charge in [0.25, 0.3) is 0 Å². The molecule has 1 saturated carbocycles. The Morgan fingerprint density at radius 3 is 2.27 bits per heavy atom. The van der Waals surface area contributed by atoms with E-state index in [2.05, 4.69) is 31.2 Å². The molecular weight excluding hydrogens is 935 g/mol. The number of hydrogen-bond donors (Lipinski definition) is 8. The first-order valence-corrected chi connectivity index (χ1v) is 26.3. The van der Waals surface area contributed by atoms with Gasteiger partial charge < -0.3 is 47.2 Å². The van der Waals surface area contributed by atoms with Crippen LogP contribution in [0.1, 0.15) is 87.3 Å². The largest absolute Gasteiger partial charge is 0.497 e. The van der Waals surface area contributed by atoms with Crippen molar-refractivity contribution in [3.05, 3.63) is 120 Å². The number of unbranched alkanes of at least 4 members (excludes halogenated alkanes) is 1. The van der Waals surface area contributed by atoms with Crippen LogP contribution in [0.15, 0.2) is 103 Å². The van der Waals surface area contributed by atoms with Gasteiger partial charge >= 0.3 is 0 Å². The van der Waals surface area contributed by atoms with Gasteiger partial charge in [0.2, 0.25) is 17.7 Å². The van der Waals surface area contributed by atoms with Gasteiger partial charge in [-0.05, 0) is 122 Å². The molecule has 0 bridgehead atoms. The first kappa shape index (κ1) is 54.9. The highest BCUT2D eigenvalue weighted by Crippen LogP contribution is 2.31. The number of ketones is 2. The number of carbonyl (C=O) groups excluding carboxylic acids is 5. The molecule has 5 aromatic rings. The molecule has 2 aliphatic rings. The highest BCUT2D eigenvalue weighted by Gasteiger charge is 2.31. The van der Waals surface area contributed by atoms with Crippen molar-refractivity contribution in [1.29, 1.82) is 5.41 Å². The van der Waals surface area contributed by atoms with Gasteiger partial charge in [-0.2, -0.15) is 0 Å². The van der Waals surface area contributed by atoms with Gasteiger partial charge in [-0.3, -0.25) is 34.3 Å². The number of hydrogen-bond acceptors (Lipinski definition) is 10. The molecule has 10 N–H and O–H groups in total. The molecule has 2 heterocycles. The fourth-order valence-electron chi connectivity index (χ4n) is 10.2. The maximum absolute atomic E-state index is 14.7. The molecule has 4 aromatic carbocycles. The van der Waals surface area contributed by atoms with Gasteiger partial charge in [0.1, 0.15) is 23.4 Å². The third kappa shape index (κ3) is 16.8. The number of guanidine groups is 1. The number of morpholine rings is 1. The number of anilines is 1. The molecule has 74 heavy (non-hydrogen) atoms. The number of aromatic amines is 1. The van der Waals surface area contributed by atoms with E-state index >= 15 is 0 Å². The van der Waals surface area contributed by atoms with Crippen LogP contribution in [0.2, 0.25) is 0 Å². The second kappa shape index (κ2) is 28.0. The van der Waals surface area contributed by atoms with Gasteiger partial charge in [0.15, 0.2) is 5.96 Å². The Morgan fingerprint density at radius 1 is 0.811 bits per heavy atom. The van der Waals surface area contributed by atoms with Crippen LogP contribution in [0.4, 0.5) is 5.69 Å². The Morgan fingerprint density at radius 2 is 1.54 bits per heavy atom. The van der Waals surface area contributed by atoms with E-state index in [1.807, 2.05) is 103 Å². The number of fused-ring (bicyclic) bond motifs is 1. The number of rotatable bonds is 27. The fourth-order valence-corrected chi connectivity index (χ4v) is 10.2. The molecule has 0 spiro atoms. The van der Waals surface area contributed by atoms with Crippen LogP contribution in [0, 0.1) is 23.2 Å². The molecule has 1 aromatic heterocycles. The minimum absolute atomic E-state index is 0.00251. The summed E-state index contributed by atoms with van der Waals surface area (Å²) in [6.07, 6.45) is 8.11. The van der Waals surface area contributed by atoms with E-state index in [-0.39, 0.29) is 61.7 Å². The van der Waals surface area contributed by atoms with Crippen LogP contribution in [0.3, 0.4) is 0 Å². The normalized spacial score (nSPS) is 17.1. The van der Waals surface area contributed by atoms with E-state index in [1.54, 1.807) is 7.11 Å². The number of ether oxygens (including phenoxy) is 2. The molecular formula is C58H75N9O7. The molecule has 1 saturated heterocycles. The van der Waals surface area contributed by atoms with E-state index in [0.717, 1.165) is 77.6 Å². The van der Waals surface area contributed by atoms with Gasteiger partial charge in [-0.25, -0.2) is 0 Å². The number of nitrogens with zero attached hydrogens (tertiary/aromatic N) is 1. The van der Waals surface area contributed by atoms with Gasteiger partial charge in [-0.15, -0.1) is 0 Å². The molecule has 1 aliphatic heterocycles. The van der Waals surface area contributed by atoms with Crippen molar-refractivity contribution in [1.82, 2.24) is 25.8 Å². The lowest BCUT2D eigenvalue weighted by molar-refractivity contribution is -0.132. The summed E-state index contributed by atoms with van der Waals surface area (Å²) in [5.41, 5.74) is 18.3. The summed E-state index contributed by atoms with van der Waals surface area (Å²) >= 11 is 0. The number of H-pyrrole nitrogens is 1. The number of amides is 3. The summed E-state index contributed by atoms with van der Waals surface area (Å²) in [7, 11) is 1.61. The summed E-state index contributed by atoms with van der Waals surface area (Å²) in [6, 6.07) is 30.4. The van der Waals surface area contributed by atoms with Crippen LogP contribution in [-0.2, 0) is 48.1 Å². The number of nitrogens with one attached hydrogen (secondary N) is 6. The Labute approximate surface area is 435 Å². The molecule has 0 radical (unpaired) electrons. The SMILES string of the molecule is COc1ccc2[nH]cc(C[C@H](CCC(=O)[C@H]3CCC[C@H](N)C3)C(=O)CC[C@@H](Cc3ccc(-c4ccccc4)cc3)C(=O)N[C@@H](CCCCNC(=N)N)C(=O)NCC(=O)Nc3ccc(CN4CCOCC4)cc3)c2c1. The Balaban J connectivity index is 1.06. The lowest BCUT2D eigenvalue weighted by Crippen LogP contribution is -2.50. The van der Waals surface area contributed by atoms with Crippen LogP contribution in [0.5, 0.6) is 5.75 Å². The Hall–Kier alpha value is -6.88. The average Bonchev–Trinajstić information content (AvgIpc) is 3.82. The maximum Gasteiger partial charge on any atom is 0.243 e. The first-order chi connectivity index (χ1) is 35.9. The highest BCUT2D eigenvalue weighted by molar-refractivity contribution is 5.96. The highest BCUT2D eigenvalue weighted by atomic mass is 16.5. The van der Waals surface area contributed by atoms with E-state index in [1.165, 1.54) is 0 Å². The van der Waals surface area contributed by atoms with Crippen molar-refractivity contribution in [2.24, 2.45) is 29.2 Å². The minimum atomic E-state index is -1.00. The standard InChI is InChI=1S/C58H75N9O7/c1-73-49-23-24-51-50(35-49)46(36-63-51)33-44(19-25-53(68)43-10-7-11-47(59)34-43)54(69)26-20-45(32-39-13-17-42(18-14-39)41-8-3-2-4-9-41)56(71)66-52(12-5-6-27-62-58(60)61)57(72)64-37-55(70)65-48-21-15-40(16-22-48)38-67-28-30-74-31-29-67/h2-4,8-9,13-18,21-24,35-36,43-45,47,52,63H,5-7,10-12,19-20,25-34,37-38,59H2,1H3,(H,64,72)(H,65,70)(H,66,71)(H4,60,61,62)/t43-,44-,45-,47-,52-/m0/s1. The predicted octanol–water partition coefficient (Wildman–Crippen LogP) is 6.80. The maximum atomic E-state index is 14.7. The zero-order chi connectivity index (χ0) is 52.2. The van der Waals surface area contributed by atoms with Crippen LogP contribution < -0.4 is 37.5 Å². The smallest absolute Gasteiger partial charge is 0.243 e. The van der Waals surface area contributed by atoms with Crippen molar-refractivity contribution < 1.29 is 33.4 Å². The number of Topliss-reactive ketones (excluding diaryl/α,β-unsaturated/α-hetero) is 2. The van der Waals surface area contributed by atoms with E-state index < -0.39 is 35.6 Å². The molecule has 1 aliphatic carbocycles. The molecule has 2 fully saturated rings. The summed E-state index contributed by atoms with van der Waals surface area (Å²) in [5, 5.41) is 19.9. The van der Waals surface area contributed by atoms with E-state index in [4.69, 9.17) is 26.4 Å². The van der Waals surface area contributed by atoms with Crippen molar-refractivity contribution in [2.75, 3.05) is 51.8 Å². The van der Waals surface area contributed by atoms with Crippen LogP contribution in [-0.4, -0.2) is 104 Å². The lowest BCUT2D eigenvalue weighted by atomic mass is 9.80. The Kier molecular flexibility index (Phi) is 20.7. The molecule has 0 unspecified atom stereocenters. The summed E-state index contributed by atoms with van der Waals surface area (Å²) < 4.78 is 11.0. The molecule has 16 heteroatoms. The fraction of sp³-hybridized carbons (Fsp3) is 0.448. The second-order valence-corrected chi connectivity index (χ2v) is 20.0. The van der Waals surface area contributed by atoms with Crippen LogP contribution in [0.25, 0.3) is 22.0 Å². The van der Waals surface area contributed by atoms with E-state index in [0.29, 0.717) is 69.7 Å². The molecule has 7 rings (SSSR count). The predicted molar refractivity (Wildman–Crippen MR) is 289 cm³/mol. The quantitative estimate of drug-likeness (QED) is 0.0154. The third-order valence-corrected chi connectivity index (χ3v) is 14.5. The number of benzene rings is 4. The Bertz CT molecular complexity index is 2630. The topological polar surface area (TPSA) is 247 Å². The van der Waals surface area contributed by atoms with Crippen molar-refractivity contribution in [3.63, 3.8) is 0 Å². The van der Waals surface area contributed by atoms with Crippen LogP contribution >= 0.6 is 0 Å². The van der Waals surface area contributed by atoms with Gasteiger partial charge in [0, 0.05) is 85.6 Å². The summed E-state index contributed by atoms with van der Waals surface area (Å²) in [5.74, 6) is -2.03.